The van der Waals surface area contributed by atoms with E-state index in [-0.39, 0.29) is 49.1 Å². The predicted molar refractivity (Wildman–Crippen MR) is 150 cm³/mol. The van der Waals surface area contributed by atoms with Crippen LogP contribution in [0, 0.1) is 35.7 Å². The molecule has 2 aliphatic carbocycles. The average molecular weight is 679 g/mol. The Morgan fingerprint density at radius 1 is 0.892 bits per heavy atom. The minimum atomic E-state index is -0.309. The molecular formula is C33H44IrNO2-. The summed E-state index contributed by atoms with van der Waals surface area (Å²) in [7, 11) is 0. The number of fused-ring (bicyclic) bond motifs is 2. The van der Waals surface area contributed by atoms with Crippen LogP contribution in [-0.2, 0) is 20.1 Å². The van der Waals surface area contributed by atoms with Crippen molar-refractivity contribution in [2.24, 2.45) is 22.7 Å². The van der Waals surface area contributed by atoms with Crippen molar-refractivity contribution in [2.45, 2.75) is 91.8 Å². The van der Waals surface area contributed by atoms with Crippen molar-refractivity contribution < 1.29 is 30.3 Å². The predicted octanol–water partition coefficient (Wildman–Crippen LogP) is 7.76. The molecule has 0 amide bonds. The number of pyridine rings is 1. The summed E-state index contributed by atoms with van der Waals surface area (Å²) in [6.07, 6.45) is 6.98. The third kappa shape index (κ3) is 5.74. The number of rotatable bonds is 5. The fourth-order valence-corrected chi connectivity index (χ4v) is 7.13. The normalized spacial score (nSPS) is 25.5. The van der Waals surface area contributed by atoms with E-state index in [1.807, 2.05) is 30.3 Å². The molecule has 0 saturated heterocycles. The SMILES string of the molecule is CCC1(CC)CCC2CC(CC)(CC)C(O)C2C1O.Cc1ccc2nc(-c3[c-]cccc3)ccc2c1.[Ir]. The molecule has 0 aliphatic heterocycles. The Morgan fingerprint density at radius 2 is 1.57 bits per heavy atom. The third-order valence-corrected chi connectivity index (χ3v) is 9.86. The Labute approximate surface area is 237 Å². The summed E-state index contributed by atoms with van der Waals surface area (Å²) in [6, 6.07) is 21.6. The number of nitrogens with zero attached hydrogens (tertiary/aromatic N) is 1. The van der Waals surface area contributed by atoms with E-state index in [1.165, 1.54) is 17.4 Å². The summed E-state index contributed by atoms with van der Waals surface area (Å²) in [5, 5.41) is 23.0. The van der Waals surface area contributed by atoms with E-state index >= 15 is 0 Å². The van der Waals surface area contributed by atoms with Crippen LogP contribution in [0.5, 0.6) is 0 Å². The maximum Gasteiger partial charge on any atom is 0.0651 e. The van der Waals surface area contributed by atoms with Crippen LogP contribution in [0.3, 0.4) is 0 Å². The quantitative estimate of drug-likeness (QED) is 0.272. The van der Waals surface area contributed by atoms with Crippen molar-refractivity contribution in [2.75, 3.05) is 0 Å². The Bertz CT molecular complexity index is 1130. The molecule has 5 rings (SSSR count). The first-order chi connectivity index (χ1) is 17.3. The molecule has 1 heterocycles. The molecular weight excluding hydrogens is 635 g/mol. The van der Waals surface area contributed by atoms with E-state index in [1.54, 1.807) is 0 Å². The van der Waals surface area contributed by atoms with Gasteiger partial charge in [-0.05, 0) is 91.8 Å². The first-order valence-electron chi connectivity index (χ1n) is 14.0. The first kappa shape index (κ1) is 30.0. The van der Waals surface area contributed by atoms with E-state index < -0.39 is 0 Å². The van der Waals surface area contributed by atoms with Crippen LogP contribution in [0.25, 0.3) is 22.2 Å². The molecule has 4 heteroatoms. The third-order valence-electron chi connectivity index (χ3n) is 9.86. The minimum absolute atomic E-state index is 0. The second-order valence-corrected chi connectivity index (χ2v) is 11.3. The molecule has 2 N–H and O–H groups in total. The molecule has 1 radical (unpaired) electrons. The van der Waals surface area contributed by atoms with E-state index in [9.17, 15) is 10.2 Å². The van der Waals surface area contributed by atoms with Crippen LogP contribution >= 0.6 is 0 Å². The van der Waals surface area contributed by atoms with E-state index in [0.29, 0.717) is 5.92 Å². The van der Waals surface area contributed by atoms with Gasteiger partial charge >= 0.3 is 0 Å². The molecule has 0 bridgehead atoms. The maximum absolute atomic E-state index is 10.9. The van der Waals surface area contributed by atoms with Gasteiger partial charge in [-0.25, -0.2) is 0 Å². The summed E-state index contributed by atoms with van der Waals surface area (Å²) >= 11 is 0. The monoisotopic (exact) mass is 679 g/mol. The topological polar surface area (TPSA) is 53.4 Å². The van der Waals surface area contributed by atoms with Crippen LogP contribution in [-0.4, -0.2) is 27.4 Å². The van der Waals surface area contributed by atoms with Crippen molar-refractivity contribution >= 4 is 10.9 Å². The van der Waals surface area contributed by atoms with Gasteiger partial charge < -0.3 is 10.2 Å². The maximum atomic E-state index is 10.9. The molecule has 4 unspecified atom stereocenters. The smallest absolute Gasteiger partial charge is 0.0651 e. The van der Waals surface area contributed by atoms with Gasteiger partial charge in [-0.2, -0.15) is 0 Å². The molecule has 37 heavy (non-hydrogen) atoms. The molecule has 3 nitrogen and oxygen atoms in total. The number of aromatic nitrogens is 1. The van der Waals surface area contributed by atoms with E-state index in [0.717, 1.165) is 55.3 Å². The number of hydrogen-bond acceptors (Lipinski definition) is 3. The second-order valence-electron chi connectivity index (χ2n) is 11.3. The van der Waals surface area contributed by atoms with Gasteiger partial charge in [0, 0.05) is 26.0 Å². The van der Waals surface area contributed by atoms with Gasteiger partial charge in [-0.3, -0.25) is 4.98 Å². The van der Waals surface area contributed by atoms with Crippen LogP contribution in [0.15, 0.2) is 54.6 Å². The Morgan fingerprint density at radius 3 is 2.19 bits per heavy atom. The van der Waals surface area contributed by atoms with Crippen LogP contribution in [0.2, 0.25) is 0 Å². The number of aryl methyl sites for hydroxylation is 1. The van der Waals surface area contributed by atoms with Crippen molar-refractivity contribution in [3.8, 4) is 11.3 Å². The van der Waals surface area contributed by atoms with Gasteiger partial charge in [0.05, 0.1) is 17.7 Å². The molecule has 2 aliphatic rings. The number of aliphatic hydroxyl groups excluding tert-OH is 2. The van der Waals surface area contributed by atoms with Gasteiger partial charge in [0.15, 0.2) is 0 Å². The van der Waals surface area contributed by atoms with Gasteiger partial charge in [-0.15, -0.1) is 35.9 Å². The molecule has 1 aromatic heterocycles. The second kappa shape index (κ2) is 12.5. The molecule has 2 fully saturated rings. The largest absolute Gasteiger partial charge is 0.392 e. The number of aliphatic hydroxyl groups is 2. The van der Waals surface area contributed by atoms with Gasteiger partial charge in [0.25, 0.3) is 0 Å². The zero-order valence-electron chi connectivity index (χ0n) is 23.1. The van der Waals surface area contributed by atoms with Crippen molar-refractivity contribution in [1.82, 2.24) is 4.98 Å². The number of benzene rings is 2. The zero-order valence-corrected chi connectivity index (χ0v) is 25.5. The molecule has 3 aromatic rings. The minimum Gasteiger partial charge on any atom is -0.392 e. The van der Waals surface area contributed by atoms with Gasteiger partial charge in [-0.1, -0.05) is 51.5 Å². The van der Waals surface area contributed by atoms with Gasteiger partial charge in [0.1, 0.15) is 0 Å². The summed E-state index contributed by atoms with van der Waals surface area (Å²) < 4.78 is 0. The van der Waals surface area contributed by atoms with Crippen LogP contribution in [0.1, 0.15) is 78.2 Å². The van der Waals surface area contributed by atoms with Gasteiger partial charge in [0.2, 0.25) is 0 Å². The Kier molecular flexibility index (Phi) is 10.1. The summed E-state index contributed by atoms with van der Waals surface area (Å²) in [4.78, 5) is 4.66. The van der Waals surface area contributed by atoms with Crippen molar-refractivity contribution in [3.05, 3.63) is 66.2 Å². The standard InChI is InChI=1S/C17H32O2.C16H12N.Ir/c1-5-16(6-2)10-9-12-11-17(7-3,8-4)15(19)13(12)14(16)18;1-12-7-9-16-14(11-12)8-10-15(17-16)13-5-3-2-4-6-13;/h12-15,18-19H,5-11H2,1-4H3;2-5,7-11H,1H3;/q;-1;. The molecule has 2 aromatic carbocycles. The Hall–Kier alpha value is -1.58. The average Bonchev–Trinajstić information content (AvgIpc) is 3.22. The first-order valence-corrected chi connectivity index (χ1v) is 14.0. The van der Waals surface area contributed by atoms with E-state index in [4.69, 9.17) is 0 Å². The molecule has 4 atom stereocenters. The summed E-state index contributed by atoms with van der Waals surface area (Å²) in [5.74, 6) is 0.657. The van der Waals surface area contributed by atoms with Crippen molar-refractivity contribution in [1.29, 1.82) is 0 Å². The summed E-state index contributed by atoms with van der Waals surface area (Å²) in [6.45, 7) is 10.9. The van der Waals surface area contributed by atoms with E-state index in [2.05, 4.69) is 69.9 Å². The molecule has 2 saturated carbocycles. The Balaban J connectivity index is 0.000000201. The zero-order chi connectivity index (χ0) is 25.9. The fourth-order valence-electron chi connectivity index (χ4n) is 7.13. The molecule has 0 spiro atoms. The molecule has 203 valence electrons. The summed E-state index contributed by atoms with van der Waals surface area (Å²) in [5.41, 5.74) is 4.42. The number of hydrogen-bond donors (Lipinski definition) is 2. The fraction of sp³-hybridized carbons (Fsp3) is 0.545. The van der Waals surface area contributed by atoms with Crippen molar-refractivity contribution in [3.63, 3.8) is 0 Å². The van der Waals surface area contributed by atoms with Crippen LogP contribution < -0.4 is 0 Å². The van der Waals surface area contributed by atoms with Crippen LogP contribution in [0.4, 0.5) is 0 Å².